The van der Waals surface area contributed by atoms with Gasteiger partial charge in [0.15, 0.2) is 0 Å². The molecule has 0 aliphatic rings. The van der Waals surface area contributed by atoms with Gasteiger partial charge in [-0.3, -0.25) is 14.0 Å². The number of hydrogen-bond donors (Lipinski definition) is 1. The smallest absolute Gasteiger partial charge is 0.269 e. The average Bonchev–Trinajstić information content (AvgIpc) is 2.82. The zero-order valence-electron chi connectivity index (χ0n) is 18.0. The van der Waals surface area contributed by atoms with Crippen LogP contribution in [0.4, 0.5) is 0 Å². The second kappa shape index (κ2) is 10.9. The van der Waals surface area contributed by atoms with Gasteiger partial charge < -0.3 is 14.8 Å². The Morgan fingerprint density at radius 2 is 2.03 bits per heavy atom. The first kappa shape index (κ1) is 22.7. The first-order valence-corrected chi connectivity index (χ1v) is 10.2. The zero-order chi connectivity index (χ0) is 22.9. The van der Waals surface area contributed by atoms with Crippen molar-refractivity contribution in [2.75, 3.05) is 20.3 Å². The van der Waals surface area contributed by atoms with Crippen LogP contribution in [-0.2, 0) is 16.0 Å². The molecule has 0 aliphatic heterocycles. The van der Waals surface area contributed by atoms with Gasteiger partial charge >= 0.3 is 0 Å². The van der Waals surface area contributed by atoms with Crippen molar-refractivity contribution in [2.24, 2.45) is 0 Å². The number of amides is 1. The van der Waals surface area contributed by atoms with Crippen LogP contribution in [0.2, 0.25) is 0 Å². The number of nitrogens with one attached hydrogen (secondary N) is 1. The predicted molar refractivity (Wildman–Crippen MR) is 120 cm³/mol. The van der Waals surface area contributed by atoms with Crippen molar-refractivity contribution in [3.8, 4) is 17.7 Å². The van der Waals surface area contributed by atoms with Gasteiger partial charge in [-0.2, -0.15) is 10.2 Å². The van der Waals surface area contributed by atoms with Gasteiger partial charge in [0, 0.05) is 26.5 Å². The Kier molecular flexibility index (Phi) is 7.73. The van der Waals surface area contributed by atoms with Crippen molar-refractivity contribution in [3.05, 3.63) is 75.7 Å². The summed E-state index contributed by atoms with van der Waals surface area (Å²) in [4.78, 5) is 30.0. The van der Waals surface area contributed by atoms with E-state index in [0.717, 1.165) is 12.0 Å². The Morgan fingerprint density at radius 1 is 1.25 bits per heavy atom. The summed E-state index contributed by atoms with van der Waals surface area (Å²) in [5, 5.41) is 12.2. The van der Waals surface area contributed by atoms with Gasteiger partial charge in [0.05, 0.1) is 0 Å². The number of aromatic nitrogens is 2. The number of fused-ring (bicyclic) bond motifs is 1. The van der Waals surface area contributed by atoms with Crippen LogP contribution in [-0.4, -0.2) is 35.6 Å². The van der Waals surface area contributed by atoms with Gasteiger partial charge in [0.25, 0.3) is 11.5 Å². The Hall–Kier alpha value is -3.96. The SMILES string of the molecule is CCc1ccc(Oc2nc3ccccn3c(=O)c2C=C(C#N)C(=O)NCCCOC)cc1. The van der Waals surface area contributed by atoms with E-state index in [1.54, 1.807) is 43.6 Å². The van der Waals surface area contributed by atoms with Crippen molar-refractivity contribution in [1.29, 1.82) is 5.26 Å². The molecule has 32 heavy (non-hydrogen) atoms. The third-order valence-electron chi connectivity index (χ3n) is 4.74. The van der Waals surface area contributed by atoms with Crippen LogP contribution < -0.4 is 15.6 Å². The third kappa shape index (κ3) is 5.39. The van der Waals surface area contributed by atoms with Crippen LogP contribution in [0.3, 0.4) is 0 Å². The standard InChI is InChI=1S/C24H24N4O4/c1-3-17-8-10-19(11-9-17)32-23-20(24(30)28-13-5-4-7-21(28)27-23)15-18(16-25)22(29)26-12-6-14-31-2/h4-5,7-11,13,15H,3,6,12,14H2,1-2H3,(H,26,29). The molecule has 0 spiro atoms. The fraction of sp³-hybridized carbons (Fsp3) is 0.250. The van der Waals surface area contributed by atoms with Crippen molar-refractivity contribution in [3.63, 3.8) is 0 Å². The maximum Gasteiger partial charge on any atom is 0.269 e. The molecule has 0 saturated heterocycles. The topological polar surface area (TPSA) is 106 Å². The molecule has 0 aliphatic carbocycles. The van der Waals surface area contributed by atoms with E-state index in [1.807, 2.05) is 25.1 Å². The van der Waals surface area contributed by atoms with Crippen molar-refractivity contribution < 1.29 is 14.3 Å². The summed E-state index contributed by atoms with van der Waals surface area (Å²) in [6.45, 7) is 2.87. The van der Waals surface area contributed by atoms with Crippen molar-refractivity contribution in [1.82, 2.24) is 14.7 Å². The molecule has 0 fully saturated rings. The number of carbonyl (C=O) groups is 1. The number of aryl methyl sites for hydroxylation is 1. The maximum absolute atomic E-state index is 13.2. The van der Waals surface area contributed by atoms with Crippen LogP contribution in [0.1, 0.15) is 24.5 Å². The number of ether oxygens (including phenoxy) is 2. The van der Waals surface area contributed by atoms with Crippen molar-refractivity contribution in [2.45, 2.75) is 19.8 Å². The number of pyridine rings is 1. The Morgan fingerprint density at radius 3 is 2.72 bits per heavy atom. The molecule has 1 amide bonds. The number of carbonyl (C=O) groups excluding carboxylic acids is 1. The highest BCUT2D eigenvalue weighted by Gasteiger charge is 2.17. The molecule has 0 radical (unpaired) electrons. The molecule has 0 saturated carbocycles. The number of rotatable bonds is 9. The van der Waals surface area contributed by atoms with Gasteiger partial charge in [-0.05, 0) is 48.7 Å². The van der Waals surface area contributed by atoms with E-state index in [0.29, 0.717) is 31.0 Å². The molecule has 3 aromatic rings. The molecule has 0 atom stereocenters. The Bertz CT molecular complexity index is 1220. The molecule has 1 aromatic carbocycles. The van der Waals surface area contributed by atoms with Gasteiger partial charge in [-0.1, -0.05) is 25.1 Å². The minimum Gasteiger partial charge on any atom is -0.438 e. The largest absolute Gasteiger partial charge is 0.438 e. The lowest BCUT2D eigenvalue weighted by Crippen LogP contribution is -2.27. The first-order valence-electron chi connectivity index (χ1n) is 10.2. The van der Waals surface area contributed by atoms with Gasteiger partial charge in [0.1, 0.15) is 28.6 Å². The second-order valence-electron chi connectivity index (χ2n) is 6.94. The summed E-state index contributed by atoms with van der Waals surface area (Å²) in [5.74, 6) is -0.0728. The maximum atomic E-state index is 13.2. The van der Waals surface area contributed by atoms with Crippen LogP contribution in [0.5, 0.6) is 11.6 Å². The monoisotopic (exact) mass is 432 g/mol. The third-order valence-corrected chi connectivity index (χ3v) is 4.74. The second-order valence-corrected chi connectivity index (χ2v) is 6.94. The highest BCUT2D eigenvalue weighted by atomic mass is 16.5. The van der Waals surface area contributed by atoms with Crippen LogP contribution in [0.15, 0.2) is 59.0 Å². The number of hydrogen-bond acceptors (Lipinski definition) is 6. The number of benzene rings is 1. The minimum atomic E-state index is -0.584. The molecule has 2 aromatic heterocycles. The predicted octanol–water partition coefficient (Wildman–Crippen LogP) is 3.11. The van der Waals surface area contributed by atoms with E-state index < -0.39 is 11.5 Å². The molecule has 0 unspecified atom stereocenters. The van der Waals surface area contributed by atoms with E-state index >= 15 is 0 Å². The van der Waals surface area contributed by atoms with Gasteiger partial charge in [0.2, 0.25) is 5.88 Å². The summed E-state index contributed by atoms with van der Waals surface area (Å²) >= 11 is 0. The number of nitrogens with zero attached hydrogens (tertiary/aromatic N) is 3. The fourth-order valence-electron chi connectivity index (χ4n) is 3.00. The summed E-state index contributed by atoms with van der Waals surface area (Å²) in [7, 11) is 1.57. The van der Waals surface area contributed by atoms with E-state index in [1.165, 1.54) is 10.5 Å². The zero-order valence-corrected chi connectivity index (χ0v) is 18.0. The van der Waals surface area contributed by atoms with Gasteiger partial charge in [-0.15, -0.1) is 0 Å². The number of methoxy groups -OCH3 is 1. The molecule has 1 N–H and O–H groups in total. The van der Waals surface area contributed by atoms with E-state index in [9.17, 15) is 14.9 Å². The Labute approximate surface area is 185 Å². The lowest BCUT2D eigenvalue weighted by atomic mass is 10.1. The molecular formula is C24H24N4O4. The van der Waals surface area contributed by atoms with Gasteiger partial charge in [-0.25, -0.2) is 0 Å². The van der Waals surface area contributed by atoms with Crippen molar-refractivity contribution >= 4 is 17.6 Å². The summed E-state index contributed by atoms with van der Waals surface area (Å²) < 4.78 is 12.2. The molecule has 8 nitrogen and oxygen atoms in total. The molecule has 3 rings (SSSR count). The van der Waals surface area contributed by atoms with Crippen LogP contribution >= 0.6 is 0 Å². The average molecular weight is 432 g/mol. The highest BCUT2D eigenvalue weighted by Crippen LogP contribution is 2.24. The Balaban J connectivity index is 2.02. The number of nitriles is 1. The molecular weight excluding hydrogens is 408 g/mol. The highest BCUT2D eigenvalue weighted by molar-refractivity contribution is 6.01. The van der Waals surface area contributed by atoms with E-state index in [2.05, 4.69) is 10.3 Å². The normalized spacial score (nSPS) is 11.2. The molecule has 0 bridgehead atoms. The molecule has 8 heteroatoms. The summed E-state index contributed by atoms with van der Waals surface area (Å²) in [6.07, 6.45) is 4.27. The molecule has 2 heterocycles. The van der Waals surface area contributed by atoms with E-state index in [-0.39, 0.29) is 17.0 Å². The first-order chi connectivity index (χ1) is 15.6. The van der Waals surface area contributed by atoms with E-state index in [4.69, 9.17) is 9.47 Å². The lowest BCUT2D eigenvalue weighted by molar-refractivity contribution is -0.117. The summed E-state index contributed by atoms with van der Waals surface area (Å²) in [6, 6.07) is 14.4. The summed E-state index contributed by atoms with van der Waals surface area (Å²) in [5.41, 5.74) is 0.870. The van der Waals surface area contributed by atoms with Crippen LogP contribution in [0.25, 0.3) is 11.7 Å². The lowest BCUT2D eigenvalue weighted by Gasteiger charge is -2.11. The minimum absolute atomic E-state index is 0.0110. The molecule has 164 valence electrons. The fourth-order valence-corrected chi connectivity index (χ4v) is 3.00. The quantitative estimate of drug-likeness (QED) is 0.316. The van der Waals surface area contributed by atoms with Crippen LogP contribution in [0, 0.1) is 11.3 Å².